The van der Waals surface area contributed by atoms with Gasteiger partial charge in [-0.15, -0.1) is 34.2 Å². The van der Waals surface area contributed by atoms with E-state index in [0.29, 0.717) is 13.2 Å². The maximum atomic E-state index is 5.98. The number of ether oxygens (including phenoxy) is 2. The second-order valence-electron chi connectivity index (χ2n) is 7.97. The van der Waals surface area contributed by atoms with Crippen LogP contribution in [0.4, 0.5) is 0 Å². The van der Waals surface area contributed by atoms with Gasteiger partial charge in [-0.1, -0.05) is 30.3 Å². The third-order valence-electron chi connectivity index (χ3n) is 5.64. The van der Waals surface area contributed by atoms with E-state index in [-0.39, 0.29) is 30.1 Å². The van der Waals surface area contributed by atoms with Gasteiger partial charge in [0.15, 0.2) is 11.8 Å². The number of hydrogen-bond donors (Lipinski definition) is 2. The van der Waals surface area contributed by atoms with E-state index in [9.17, 15) is 0 Å². The third-order valence-corrected chi connectivity index (χ3v) is 5.64. The predicted octanol–water partition coefficient (Wildman–Crippen LogP) is 2.28. The van der Waals surface area contributed by atoms with Crippen molar-refractivity contribution < 1.29 is 9.47 Å². The minimum Gasteiger partial charge on any atom is -0.379 e. The van der Waals surface area contributed by atoms with Crippen molar-refractivity contribution >= 4 is 29.9 Å². The lowest BCUT2D eigenvalue weighted by molar-refractivity contribution is 0.0389. The van der Waals surface area contributed by atoms with Crippen LogP contribution in [0.1, 0.15) is 36.7 Å². The number of nitrogens with zero attached hydrogens (tertiary/aromatic N) is 5. The number of aromatic nitrogens is 3. The zero-order valence-corrected chi connectivity index (χ0v) is 22.3. The van der Waals surface area contributed by atoms with Crippen molar-refractivity contribution in [3.05, 3.63) is 47.5 Å². The standard InChI is InChI=1S/C23H37N7O2.HI/c1-19(21-8-5-4-6-9-21)32-15-7-10-24-23(25-11-12-30-13-16-31-17-14-30)26-18-22-28-27-20(2)29(22)3;/h4-6,8-9,19H,7,10-18H2,1-3H3,(H2,24,25,26);1H. The lowest BCUT2D eigenvalue weighted by atomic mass is 10.1. The Bertz CT molecular complexity index is 825. The summed E-state index contributed by atoms with van der Waals surface area (Å²) in [5, 5.41) is 15.2. The molecule has 184 valence electrons. The van der Waals surface area contributed by atoms with Gasteiger partial charge in [-0.25, -0.2) is 4.99 Å². The van der Waals surface area contributed by atoms with E-state index in [1.54, 1.807) is 0 Å². The summed E-state index contributed by atoms with van der Waals surface area (Å²) in [5.41, 5.74) is 1.20. The van der Waals surface area contributed by atoms with E-state index in [1.165, 1.54) is 5.56 Å². The highest BCUT2D eigenvalue weighted by atomic mass is 127. The van der Waals surface area contributed by atoms with Crippen molar-refractivity contribution in [2.45, 2.75) is 32.9 Å². The zero-order valence-electron chi connectivity index (χ0n) is 20.0. The van der Waals surface area contributed by atoms with E-state index in [1.807, 2.05) is 36.7 Å². The van der Waals surface area contributed by atoms with Crippen molar-refractivity contribution in [3.63, 3.8) is 0 Å². The van der Waals surface area contributed by atoms with Gasteiger partial charge in [-0.05, 0) is 25.8 Å². The number of aryl methyl sites for hydroxylation is 1. The van der Waals surface area contributed by atoms with Gasteiger partial charge in [-0.2, -0.15) is 0 Å². The van der Waals surface area contributed by atoms with Gasteiger partial charge >= 0.3 is 0 Å². The molecule has 1 saturated heterocycles. The summed E-state index contributed by atoms with van der Waals surface area (Å²) >= 11 is 0. The number of benzene rings is 1. The summed E-state index contributed by atoms with van der Waals surface area (Å²) in [6, 6.07) is 10.3. The molecule has 0 saturated carbocycles. The SMILES string of the molecule is Cc1nnc(CN=C(NCCCOC(C)c2ccccc2)NCCN2CCOCC2)n1C.I. The predicted molar refractivity (Wildman–Crippen MR) is 141 cm³/mol. The van der Waals surface area contributed by atoms with Crippen molar-refractivity contribution in [1.29, 1.82) is 0 Å². The van der Waals surface area contributed by atoms with Crippen LogP contribution in [0.5, 0.6) is 0 Å². The molecule has 10 heteroatoms. The number of morpholine rings is 1. The van der Waals surface area contributed by atoms with E-state index in [4.69, 9.17) is 14.5 Å². The Morgan fingerprint density at radius 2 is 1.88 bits per heavy atom. The van der Waals surface area contributed by atoms with E-state index < -0.39 is 0 Å². The average Bonchev–Trinajstić information content (AvgIpc) is 3.15. The number of rotatable bonds is 11. The maximum absolute atomic E-state index is 5.98. The van der Waals surface area contributed by atoms with Gasteiger partial charge in [0, 0.05) is 46.4 Å². The summed E-state index contributed by atoms with van der Waals surface area (Å²) in [4.78, 5) is 7.12. The summed E-state index contributed by atoms with van der Waals surface area (Å²) in [6.07, 6.45) is 0.986. The van der Waals surface area contributed by atoms with E-state index in [2.05, 4.69) is 44.8 Å². The topological polar surface area (TPSA) is 88.8 Å². The highest BCUT2D eigenvalue weighted by Crippen LogP contribution is 2.15. The minimum atomic E-state index is 0. The molecule has 2 aromatic rings. The van der Waals surface area contributed by atoms with Crippen molar-refractivity contribution in [3.8, 4) is 0 Å². The first kappa shape index (κ1) is 27.5. The van der Waals surface area contributed by atoms with Gasteiger partial charge in [0.1, 0.15) is 12.4 Å². The number of halogens is 1. The van der Waals surface area contributed by atoms with Crippen LogP contribution in [0.25, 0.3) is 0 Å². The Morgan fingerprint density at radius 3 is 2.58 bits per heavy atom. The summed E-state index contributed by atoms with van der Waals surface area (Å²) in [5.74, 6) is 2.52. The summed E-state index contributed by atoms with van der Waals surface area (Å²) in [7, 11) is 1.96. The van der Waals surface area contributed by atoms with Crippen LogP contribution in [-0.4, -0.2) is 78.2 Å². The molecular weight excluding hydrogens is 533 g/mol. The molecule has 0 bridgehead atoms. The Labute approximate surface area is 214 Å². The maximum Gasteiger partial charge on any atom is 0.191 e. The normalized spacial score (nSPS) is 15.7. The lowest BCUT2D eigenvalue weighted by Gasteiger charge is -2.26. The third kappa shape index (κ3) is 9.55. The Hall–Kier alpha value is -1.76. The second-order valence-corrected chi connectivity index (χ2v) is 7.97. The summed E-state index contributed by atoms with van der Waals surface area (Å²) < 4.78 is 13.4. The Kier molecular flexibility index (Phi) is 12.7. The smallest absolute Gasteiger partial charge is 0.191 e. The summed E-state index contributed by atoms with van der Waals surface area (Å²) in [6.45, 7) is 11.4. The first-order valence-corrected chi connectivity index (χ1v) is 11.5. The second kappa shape index (κ2) is 15.2. The van der Waals surface area contributed by atoms with Crippen molar-refractivity contribution in [2.24, 2.45) is 12.0 Å². The van der Waals surface area contributed by atoms with Gasteiger partial charge in [0.05, 0.1) is 19.3 Å². The molecule has 1 atom stereocenters. The molecule has 1 fully saturated rings. The van der Waals surface area contributed by atoms with Crippen LogP contribution < -0.4 is 10.6 Å². The van der Waals surface area contributed by atoms with Crippen molar-refractivity contribution in [2.75, 3.05) is 52.5 Å². The molecule has 3 rings (SSSR count). The van der Waals surface area contributed by atoms with E-state index in [0.717, 1.165) is 70.0 Å². The fraction of sp³-hybridized carbons (Fsp3) is 0.609. The first-order valence-electron chi connectivity index (χ1n) is 11.5. The average molecular weight is 572 g/mol. The minimum absolute atomic E-state index is 0. The molecule has 1 aliphatic heterocycles. The van der Waals surface area contributed by atoms with Crippen LogP contribution in [0.15, 0.2) is 35.3 Å². The lowest BCUT2D eigenvalue weighted by Crippen LogP contribution is -2.44. The monoisotopic (exact) mass is 571 g/mol. The Morgan fingerprint density at radius 1 is 1.15 bits per heavy atom. The molecule has 2 N–H and O–H groups in total. The van der Waals surface area contributed by atoms with Crippen LogP contribution >= 0.6 is 24.0 Å². The zero-order chi connectivity index (χ0) is 22.6. The number of aliphatic imine (C=N–C) groups is 1. The molecule has 0 amide bonds. The first-order chi connectivity index (χ1) is 15.6. The fourth-order valence-electron chi connectivity index (χ4n) is 3.43. The number of guanidine groups is 1. The molecular formula is C23H38IN7O2. The largest absolute Gasteiger partial charge is 0.379 e. The quantitative estimate of drug-likeness (QED) is 0.185. The van der Waals surface area contributed by atoms with Crippen molar-refractivity contribution in [1.82, 2.24) is 30.3 Å². The molecule has 9 nitrogen and oxygen atoms in total. The highest BCUT2D eigenvalue weighted by Gasteiger charge is 2.10. The molecule has 0 spiro atoms. The van der Waals surface area contributed by atoms with Gasteiger partial charge in [-0.3, -0.25) is 4.90 Å². The van der Waals surface area contributed by atoms with Gasteiger partial charge in [0.2, 0.25) is 0 Å². The number of nitrogens with one attached hydrogen (secondary N) is 2. The molecule has 1 aromatic carbocycles. The van der Waals surface area contributed by atoms with Gasteiger partial charge in [0.25, 0.3) is 0 Å². The van der Waals surface area contributed by atoms with E-state index >= 15 is 0 Å². The Balaban J connectivity index is 0.00000385. The fourth-order valence-corrected chi connectivity index (χ4v) is 3.43. The molecule has 0 aliphatic carbocycles. The van der Waals surface area contributed by atoms with Crippen LogP contribution in [0.3, 0.4) is 0 Å². The van der Waals surface area contributed by atoms with Gasteiger partial charge < -0.3 is 24.7 Å². The van der Waals surface area contributed by atoms with Crippen LogP contribution in [-0.2, 0) is 23.1 Å². The molecule has 1 unspecified atom stereocenters. The molecule has 1 aromatic heterocycles. The highest BCUT2D eigenvalue weighted by molar-refractivity contribution is 14.0. The van der Waals surface area contributed by atoms with Crippen LogP contribution in [0.2, 0.25) is 0 Å². The molecule has 33 heavy (non-hydrogen) atoms. The molecule has 0 radical (unpaired) electrons. The molecule has 2 heterocycles. The number of hydrogen-bond acceptors (Lipinski definition) is 6. The molecule has 1 aliphatic rings. The van der Waals surface area contributed by atoms with Crippen LogP contribution in [0, 0.1) is 6.92 Å².